The van der Waals surface area contributed by atoms with Crippen molar-refractivity contribution in [3.63, 3.8) is 0 Å². The zero-order chi connectivity index (χ0) is 13.5. The molecule has 0 heterocycles. The van der Waals surface area contributed by atoms with Crippen LogP contribution < -0.4 is 4.72 Å². The van der Waals surface area contributed by atoms with Crippen LogP contribution in [0.25, 0.3) is 0 Å². The summed E-state index contributed by atoms with van der Waals surface area (Å²) >= 11 is 0. The third-order valence-electron chi connectivity index (χ3n) is 2.88. The van der Waals surface area contributed by atoms with E-state index in [1.807, 2.05) is 6.92 Å². The van der Waals surface area contributed by atoms with Crippen molar-refractivity contribution in [3.8, 4) is 0 Å². The summed E-state index contributed by atoms with van der Waals surface area (Å²) in [6.45, 7) is 1.87. The summed E-state index contributed by atoms with van der Waals surface area (Å²) in [4.78, 5) is 10.1. The Kier molecular flexibility index (Phi) is 3.12. The molecule has 2 atom stereocenters. The average molecular weight is 273 g/mol. The lowest BCUT2D eigenvalue weighted by atomic mass is 10.2. The molecule has 0 bridgehead atoms. The van der Waals surface area contributed by atoms with Crippen molar-refractivity contribution in [2.75, 3.05) is 0 Å². The zero-order valence-electron chi connectivity index (χ0n) is 9.55. The van der Waals surface area contributed by atoms with Crippen LogP contribution in [0.4, 0.5) is 4.39 Å². The van der Waals surface area contributed by atoms with Gasteiger partial charge >= 0.3 is 5.97 Å². The fourth-order valence-electron chi connectivity index (χ4n) is 1.59. The molecule has 1 aliphatic carbocycles. The van der Waals surface area contributed by atoms with Crippen molar-refractivity contribution < 1.29 is 22.7 Å². The molecule has 0 radical (unpaired) electrons. The van der Waals surface area contributed by atoms with E-state index in [4.69, 9.17) is 5.11 Å². The maximum Gasteiger partial charge on any atom is 0.335 e. The number of nitrogens with one attached hydrogen (secondary N) is 1. The summed E-state index contributed by atoms with van der Waals surface area (Å²) in [5.74, 6) is -2.03. The fourth-order valence-corrected chi connectivity index (χ4v) is 3.05. The van der Waals surface area contributed by atoms with E-state index in [1.54, 1.807) is 0 Å². The third-order valence-corrected chi connectivity index (χ3v) is 4.39. The topological polar surface area (TPSA) is 83.5 Å². The van der Waals surface area contributed by atoms with Crippen LogP contribution in [-0.4, -0.2) is 25.5 Å². The molecule has 1 saturated carbocycles. The number of carbonyl (C=O) groups is 1. The van der Waals surface area contributed by atoms with Crippen molar-refractivity contribution >= 4 is 16.0 Å². The summed E-state index contributed by atoms with van der Waals surface area (Å²) in [5.41, 5.74) is -0.263. The van der Waals surface area contributed by atoms with Gasteiger partial charge in [0.15, 0.2) is 0 Å². The number of benzene rings is 1. The fraction of sp³-hybridized carbons (Fsp3) is 0.364. The second-order valence-electron chi connectivity index (χ2n) is 4.39. The predicted octanol–water partition coefficient (Wildman–Crippen LogP) is 1.21. The van der Waals surface area contributed by atoms with E-state index in [0.717, 1.165) is 18.2 Å². The second-order valence-corrected chi connectivity index (χ2v) is 6.07. The molecule has 1 aromatic rings. The predicted molar refractivity (Wildman–Crippen MR) is 61.2 cm³/mol. The lowest BCUT2D eigenvalue weighted by Gasteiger charge is -2.07. The molecule has 1 aromatic carbocycles. The lowest BCUT2D eigenvalue weighted by molar-refractivity contribution is 0.0696. The molecule has 0 spiro atoms. The van der Waals surface area contributed by atoms with Crippen molar-refractivity contribution in [2.45, 2.75) is 24.3 Å². The van der Waals surface area contributed by atoms with E-state index < -0.39 is 26.7 Å². The molecule has 0 aliphatic heterocycles. The van der Waals surface area contributed by atoms with Gasteiger partial charge < -0.3 is 5.11 Å². The number of hydrogen-bond donors (Lipinski definition) is 2. The van der Waals surface area contributed by atoms with Crippen LogP contribution in [0.1, 0.15) is 23.7 Å². The number of sulfonamides is 1. The van der Waals surface area contributed by atoms with Crippen LogP contribution in [0.15, 0.2) is 23.1 Å². The molecule has 0 saturated heterocycles. The van der Waals surface area contributed by atoms with E-state index in [-0.39, 0.29) is 17.5 Å². The molecule has 1 aliphatic rings. The molecule has 2 N–H and O–H groups in total. The quantitative estimate of drug-likeness (QED) is 0.863. The SMILES string of the molecule is CC1CC1NS(=O)(=O)c1cc(C(=O)O)ccc1F. The molecule has 98 valence electrons. The van der Waals surface area contributed by atoms with Gasteiger partial charge in [-0.25, -0.2) is 22.3 Å². The number of carboxylic acid groups (broad SMARTS) is 1. The Morgan fingerprint density at radius 2 is 2.11 bits per heavy atom. The van der Waals surface area contributed by atoms with Crippen LogP contribution in [-0.2, 0) is 10.0 Å². The number of halogens is 1. The van der Waals surface area contributed by atoms with Crippen LogP contribution in [0.3, 0.4) is 0 Å². The molecule has 0 aromatic heterocycles. The first-order chi connectivity index (χ1) is 8.31. The summed E-state index contributed by atoms with van der Waals surface area (Å²) in [6, 6.07) is 2.50. The van der Waals surface area contributed by atoms with Gasteiger partial charge in [0.2, 0.25) is 10.0 Å². The van der Waals surface area contributed by atoms with Gasteiger partial charge in [-0.2, -0.15) is 0 Å². The van der Waals surface area contributed by atoms with E-state index in [1.165, 1.54) is 0 Å². The van der Waals surface area contributed by atoms with Gasteiger partial charge in [0.1, 0.15) is 10.7 Å². The highest BCUT2D eigenvalue weighted by atomic mass is 32.2. The van der Waals surface area contributed by atoms with Crippen molar-refractivity contribution in [2.24, 2.45) is 5.92 Å². The first-order valence-electron chi connectivity index (χ1n) is 5.36. The first-order valence-corrected chi connectivity index (χ1v) is 6.85. The minimum absolute atomic E-state index is 0.192. The molecule has 2 rings (SSSR count). The van der Waals surface area contributed by atoms with Gasteiger partial charge in [-0.3, -0.25) is 0 Å². The summed E-state index contributed by atoms with van der Waals surface area (Å²) in [5, 5.41) is 8.76. The highest BCUT2D eigenvalue weighted by molar-refractivity contribution is 7.89. The van der Waals surface area contributed by atoms with Crippen molar-refractivity contribution in [1.82, 2.24) is 4.72 Å². The minimum atomic E-state index is -4.00. The second kappa shape index (κ2) is 4.33. The summed E-state index contributed by atoms with van der Waals surface area (Å²) < 4.78 is 39.6. The molecule has 7 heteroatoms. The van der Waals surface area contributed by atoms with E-state index in [0.29, 0.717) is 6.42 Å². The molecular weight excluding hydrogens is 261 g/mol. The molecule has 18 heavy (non-hydrogen) atoms. The molecule has 2 unspecified atom stereocenters. The van der Waals surface area contributed by atoms with Gasteiger partial charge in [-0.05, 0) is 30.5 Å². The number of rotatable bonds is 4. The van der Waals surface area contributed by atoms with Gasteiger partial charge in [0.05, 0.1) is 5.56 Å². The maximum absolute atomic E-state index is 13.5. The smallest absolute Gasteiger partial charge is 0.335 e. The van der Waals surface area contributed by atoms with E-state index in [9.17, 15) is 17.6 Å². The highest BCUT2D eigenvalue weighted by Gasteiger charge is 2.37. The first kappa shape index (κ1) is 13.0. The standard InChI is InChI=1S/C11H12FNO4S/c1-6-4-9(6)13-18(16,17)10-5-7(11(14)15)2-3-8(10)12/h2-3,5-6,9,13H,4H2,1H3,(H,14,15). The van der Waals surface area contributed by atoms with Crippen molar-refractivity contribution in [1.29, 1.82) is 0 Å². The van der Waals surface area contributed by atoms with E-state index >= 15 is 0 Å². The number of aromatic carboxylic acids is 1. The molecule has 0 amide bonds. The van der Waals surface area contributed by atoms with Gasteiger partial charge in [-0.1, -0.05) is 6.92 Å². The normalized spacial score (nSPS) is 22.8. The molecule has 1 fully saturated rings. The Hall–Kier alpha value is -1.47. The number of carboxylic acids is 1. The minimum Gasteiger partial charge on any atom is -0.478 e. The Morgan fingerprint density at radius 1 is 1.50 bits per heavy atom. The third kappa shape index (κ3) is 2.51. The molecule has 5 nitrogen and oxygen atoms in total. The molecular formula is C11H12FNO4S. The Morgan fingerprint density at radius 3 is 2.61 bits per heavy atom. The van der Waals surface area contributed by atoms with Crippen LogP contribution >= 0.6 is 0 Å². The van der Waals surface area contributed by atoms with E-state index in [2.05, 4.69) is 4.72 Å². The Balaban J connectivity index is 2.36. The maximum atomic E-state index is 13.5. The summed E-state index contributed by atoms with van der Waals surface area (Å²) in [6.07, 6.45) is 0.708. The largest absolute Gasteiger partial charge is 0.478 e. The van der Waals surface area contributed by atoms with Gasteiger partial charge in [0.25, 0.3) is 0 Å². The van der Waals surface area contributed by atoms with Crippen LogP contribution in [0.2, 0.25) is 0 Å². The Bertz CT molecular complexity index is 599. The van der Waals surface area contributed by atoms with Crippen molar-refractivity contribution in [3.05, 3.63) is 29.6 Å². The monoisotopic (exact) mass is 273 g/mol. The average Bonchev–Trinajstić information content (AvgIpc) is 2.93. The van der Waals surface area contributed by atoms with Gasteiger partial charge in [0, 0.05) is 6.04 Å². The lowest BCUT2D eigenvalue weighted by Crippen LogP contribution is -2.27. The van der Waals surface area contributed by atoms with Gasteiger partial charge in [-0.15, -0.1) is 0 Å². The Labute approximate surface area is 104 Å². The van der Waals surface area contributed by atoms with Crippen LogP contribution in [0, 0.1) is 11.7 Å². The highest BCUT2D eigenvalue weighted by Crippen LogP contribution is 2.31. The summed E-state index contributed by atoms with van der Waals surface area (Å²) in [7, 11) is -4.00. The van der Waals surface area contributed by atoms with Crippen LogP contribution in [0.5, 0.6) is 0 Å². The number of hydrogen-bond acceptors (Lipinski definition) is 3. The zero-order valence-corrected chi connectivity index (χ0v) is 10.4.